The molecular formula is C23H29IN4O3. The van der Waals surface area contributed by atoms with Crippen molar-refractivity contribution in [1.29, 1.82) is 0 Å². The molecule has 8 heteroatoms. The number of nitrogens with zero attached hydrogens (tertiary/aromatic N) is 2. The molecule has 0 spiro atoms. The highest BCUT2D eigenvalue weighted by molar-refractivity contribution is 14.0. The van der Waals surface area contributed by atoms with Crippen molar-refractivity contribution in [3.63, 3.8) is 0 Å². The third kappa shape index (κ3) is 6.13. The molecule has 7 nitrogen and oxygen atoms in total. The Morgan fingerprint density at radius 2 is 1.68 bits per heavy atom. The highest BCUT2D eigenvalue weighted by atomic mass is 127. The predicted octanol–water partition coefficient (Wildman–Crippen LogP) is 4.13. The van der Waals surface area contributed by atoms with E-state index in [0.29, 0.717) is 30.3 Å². The normalized spacial score (nSPS) is 10.9. The second-order valence-corrected chi connectivity index (χ2v) is 6.57. The van der Waals surface area contributed by atoms with Crippen LogP contribution in [0.5, 0.6) is 17.2 Å². The molecule has 0 amide bonds. The van der Waals surface area contributed by atoms with E-state index in [1.54, 1.807) is 21.3 Å². The smallest absolute Gasteiger partial charge is 0.203 e. The first-order valence-corrected chi connectivity index (χ1v) is 9.83. The largest absolute Gasteiger partial charge is 0.493 e. The third-order valence-corrected chi connectivity index (χ3v) is 4.67. The zero-order chi connectivity index (χ0) is 21.3. The fourth-order valence-corrected chi connectivity index (χ4v) is 3.23. The molecule has 3 aromatic rings. The fourth-order valence-electron chi connectivity index (χ4n) is 3.23. The lowest BCUT2D eigenvalue weighted by Crippen LogP contribution is -2.36. The van der Waals surface area contributed by atoms with E-state index in [2.05, 4.69) is 21.7 Å². The van der Waals surface area contributed by atoms with Gasteiger partial charge in [-0.3, -0.25) is 4.98 Å². The Morgan fingerprint density at radius 1 is 0.968 bits per heavy atom. The molecule has 0 radical (unpaired) electrons. The molecule has 0 saturated carbocycles. The van der Waals surface area contributed by atoms with Crippen molar-refractivity contribution in [2.45, 2.75) is 20.0 Å². The summed E-state index contributed by atoms with van der Waals surface area (Å²) in [6.07, 6.45) is 1.83. The number of aliphatic imine (C=N–C) groups is 1. The molecule has 0 aliphatic rings. The first-order chi connectivity index (χ1) is 14.7. The number of hydrogen-bond acceptors (Lipinski definition) is 5. The van der Waals surface area contributed by atoms with E-state index in [-0.39, 0.29) is 24.0 Å². The molecule has 0 unspecified atom stereocenters. The number of rotatable bonds is 8. The maximum atomic E-state index is 5.43. The fraction of sp³-hybridized carbons (Fsp3) is 0.304. The number of methoxy groups -OCH3 is 3. The van der Waals surface area contributed by atoms with E-state index >= 15 is 0 Å². The van der Waals surface area contributed by atoms with Crippen LogP contribution < -0.4 is 24.8 Å². The summed E-state index contributed by atoms with van der Waals surface area (Å²) >= 11 is 0. The average molecular weight is 536 g/mol. The van der Waals surface area contributed by atoms with Gasteiger partial charge in [-0.05, 0) is 42.3 Å². The number of halogens is 1. The number of pyridine rings is 1. The first-order valence-electron chi connectivity index (χ1n) is 9.83. The topological polar surface area (TPSA) is 77.0 Å². The first kappa shape index (κ1) is 24.5. The van der Waals surface area contributed by atoms with Gasteiger partial charge in [0.25, 0.3) is 0 Å². The maximum absolute atomic E-state index is 5.43. The van der Waals surface area contributed by atoms with Gasteiger partial charge < -0.3 is 24.8 Å². The Morgan fingerprint density at radius 3 is 2.32 bits per heavy atom. The molecule has 0 saturated heterocycles. The number of fused-ring (bicyclic) bond motifs is 1. The van der Waals surface area contributed by atoms with Gasteiger partial charge in [0, 0.05) is 24.7 Å². The van der Waals surface area contributed by atoms with Crippen molar-refractivity contribution in [1.82, 2.24) is 15.6 Å². The van der Waals surface area contributed by atoms with Gasteiger partial charge in [-0.2, -0.15) is 0 Å². The monoisotopic (exact) mass is 536 g/mol. The van der Waals surface area contributed by atoms with E-state index in [0.717, 1.165) is 29.0 Å². The van der Waals surface area contributed by atoms with Crippen molar-refractivity contribution in [3.05, 3.63) is 59.8 Å². The van der Waals surface area contributed by atoms with Crippen LogP contribution >= 0.6 is 24.0 Å². The van der Waals surface area contributed by atoms with Crippen LogP contribution in [0.2, 0.25) is 0 Å². The van der Waals surface area contributed by atoms with Crippen LogP contribution in [0.4, 0.5) is 0 Å². The molecule has 2 aromatic carbocycles. The molecule has 1 aromatic heterocycles. The molecule has 3 rings (SSSR count). The van der Waals surface area contributed by atoms with Gasteiger partial charge in [-0.1, -0.05) is 18.2 Å². The number of nitrogens with one attached hydrogen (secondary N) is 2. The van der Waals surface area contributed by atoms with Gasteiger partial charge >= 0.3 is 0 Å². The van der Waals surface area contributed by atoms with Gasteiger partial charge in [0.1, 0.15) is 0 Å². The van der Waals surface area contributed by atoms with Gasteiger partial charge in [0.05, 0.1) is 33.4 Å². The SMILES string of the molecule is CCNC(=NCc1cc(OC)c(OC)c(OC)c1)NCc1ccnc2ccccc12.I. The third-order valence-electron chi connectivity index (χ3n) is 4.67. The summed E-state index contributed by atoms with van der Waals surface area (Å²) in [5.74, 6) is 2.53. The van der Waals surface area contributed by atoms with Crippen LogP contribution in [-0.4, -0.2) is 38.8 Å². The van der Waals surface area contributed by atoms with Crippen molar-refractivity contribution in [3.8, 4) is 17.2 Å². The van der Waals surface area contributed by atoms with E-state index in [1.165, 1.54) is 5.56 Å². The highest BCUT2D eigenvalue weighted by Crippen LogP contribution is 2.38. The second-order valence-electron chi connectivity index (χ2n) is 6.57. The number of guanidine groups is 1. The van der Waals surface area contributed by atoms with Crippen molar-refractivity contribution >= 4 is 40.8 Å². The molecule has 0 fully saturated rings. The zero-order valence-electron chi connectivity index (χ0n) is 18.3. The van der Waals surface area contributed by atoms with Crippen LogP contribution in [0, 0.1) is 0 Å². The number of para-hydroxylation sites is 1. The molecular weight excluding hydrogens is 507 g/mol. The van der Waals surface area contributed by atoms with Crippen molar-refractivity contribution in [2.75, 3.05) is 27.9 Å². The van der Waals surface area contributed by atoms with E-state index in [1.807, 2.05) is 49.5 Å². The lowest BCUT2D eigenvalue weighted by molar-refractivity contribution is 0.324. The molecule has 166 valence electrons. The summed E-state index contributed by atoms with van der Waals surface area (Å²) in [4.78, 5) is 9.13. The summed E-state index contributed by atoms with van der Waals surface area (Å²) in [6.45, 7) is 3.91. The van der Waals surface area contributed by atoms with Crippen molar-refractivity contribution < 1.29 is 14.2 Å². The Labute approximate surface area is 200 Å². The molecule has 1 heterocycles. The van der Waals surface area contributed by atoms with Crippen LogP contribution in [0.25, 0.3) is 10.9 Å². The predicted molar refractivity (Wildman–Crippen MR) is 135 cm³/mol. The van der Waals surface area contributed by atoms with Gasteiger partial charge in [0.15, 0.2) is 17.5 Å². The number of hydrogen-bond donors (Lipinski definition) is 2. The zero-order valence-corrected chi connectivity index (χ0v) is 20.6. The summed E-state index contributed by atoms with van der Waals surface area (Å²) in [5, 5.41) is 7.82. The average Bonchev–Trinajstić information content (AvgIpc) is 2.79. The molecule has 0 bridgehead atoms. The number of benzene rings is 2. The van der Waals surface area contributed by atoms with E-state index < -0.39 is 0 Å². The van der Waals surface area contributed by atoms with Gasteiger partial charge in [-0.25, -0.2) is 4.99 Å². The molecule has 0 aliphatic heterocycles. The minimum absolute atomic E-state index is 0. The minimum Gasteiger partial charge on any atom is -0.493 e. The molecule has 2 N–H and O–H groups in total. The number of ether oxygens (including phenoxy) is 3. The van der Waals surface area contributed by atoms with Crippen LogP contribution in [0.15, 0.2) is 53.7 Å². The summed E-state index contributed by atoms with van der Waals surface area (Å²) in [5.41, 5.74) is 3.10. The Hall–Kier alpha value is -2.75. The minimum atomic E-state index is 0. The number of aromatic nitrogens is 1. The molecule has 0 aliphatic carbocycles. The maximum Gasteiger partial charge on any atom is 0.203 e. The standard InChI is InChI=1S/C23H28N4O3.HI/c1-5-24-23(27-15-17-10-11-25-19-9-7-6-8-18(17)19)26-14-16-12-20(28-2)22(30-4)21(13-16)29-3;/h6-13H,5,14-15H2,1-4H3,(H2,24,26,27);1H. The Bertz CT molecular complexity index is 996. The van der Waals surface area contributed by atoms with Crippen molar-refractivity contribution in [2.24, 2.45) is 4.99 Å². The lowest BCUT2D eigenvalue weighted by atomic mass is 10.1. The van der Waals surface area contributed by atoms with Crippen LogP contribution in [-0.2, 0) is 13.1 Å². The van der Waals surface area contributed by atoms with Crippen LogP contribution in [0.3, 0.4) is 0 Å². The van der Waals surface area contributed by atoms with Gasteiger partial charge in [0.2, 0.25) is 5.75 Å². The Balaban J connectivity index is 0.00000341. The van der Waals surface area contributed by atoms with E-state index in [9.17, 15) is 0 Å². The Kier molecular flexibility index (Phi) is 9.64. The molecule has 0 atom stereocenters. The van der Waals surface area contributed by atoms with Gasteiger partial charge in [-0.15, -0.1) is 24.0 Å². The summed E-state index contributed by atoms with van der Waals surface area (Å²) in [6, 6.07) is 14.0. The molecule has 31 heavy (non-hydrogen) atoms. The summed E-state index contributed by atoms with van der Waals surface area (Å²) < 4.78 is 16.2. The second kappa shape index (κ2) is 12.2. The lowest BCUT2D eigenvalue weighted by Gasteiger charge is -2.15. The highest BCUT2D eigenvalue weighted by Gasteiger charge is 2.13. The van der Waals surface area contributed by atoms with Crippen LogP contribution in [0.1, 0.15) is 18.1 Å². The van der Waals surface area contributed by atoms with E-state index in [4.69, 9.17) is 19.2 Å². The quantitative estimate of drug-likeness (QED) is 0.256. The summed E-state index contributed by atoms with van der Waals surface area (Å²) in [7, 11) is 4.80.